The number of anilines is 1. The molecule has 2 rings (SSSR count). The van der Waals surface area contributed by atoms with E-state index in [1.165, 1.54) is 4.90 Å². The van der Waals surface area contributed by atoms with Crippen molar-refractivity contribution in [2.45, 2.75) is 6.10 Å². The van der Waals surface area contributed by atoms with E-state index in [0.717, 1.165) is 0 Å². The summed E-state index contributed by atoms with van der Waals surface area (Å²) in [4.78, 5) is 12.8. The number of para-hydroxylation sites is 1. The van der Waals surface area contributed by atoms with Gasteiger partial charge >= 0.3 is 0 Å². The van der Waals surface area contributed by atoms with Crippen molar-refractivity contribution in [2.75, 3.05) is 11.4 Å². The number of nitrogens with zero attached hydrogens (tertiary/aromatic N) is 2. The first kappa shape index (κ1) is 8.73. The molecule has 1 heterocycles. The molecule has 0 saturated heterocycles. The van der Waals surface area contributed by atoms with Gasteiger partial charge in [-0.1, -0.05) is 18.2 Å². The number of rotatable bonds is 1. The third-order valence-corrected chi connectivity index (χ3v) is 2.25. The fourth-order valence-electron chi connectivity index (χ4n) is 1.60. The normalized spacial score (nSPS) is 19.3. The smallest absolute Gasteiger partial charge is 0.261 e. The Morgan fingerprint density at radius 2 is 2.21 bits per heavy atom. The van der Waals surface area contributed by atoms with Crippen LogP contribution in [0.3, 0.4) is 0 Å². The van der Waals surface area contributed by atoms with E-state index in [9.17, 15) is 9.90 Å². The van der Waals surface area contributed by atoms with Crippen LogP contribution in [0, 0.1) is 11.3 Å². The van der Waals surface area contributed by atoms with Crippen molar-refractivity contribution in [3.63, 3.8) is 0 Å². The zero-order valence-corrected chi connectivity index (χ0v) is 7.34. The molecule has 0 radical (unpaired) electrons. The van der Waals surface area contributed by atoms with Crippen LogP contribution in [-0.4, -0.2) is 17.6 Å². The molecular weight excluding hydrogens is 180 g/mol. The number of aliphatic hydroxyl groups excluding tert-OH is 1. The Labute approximate surface area is 81.0 Å². The van der Waals surface area contributed by atoms with Crippen molar-refractivity contribution in [1.82, 2.24) is 0 Å². The number of carbonyl (C=O) groups excluding carboxylic acids is 1. The van der Waals surface area contributed by atoms with Crippen LogP contribution in [0.4, 0.5) is 5.69 Å². The molecule has 0 fully saturated rings. The minimum atomic E-state index is -1.11. The van der Waals surface area contributed by atoms with Gasteiger partial charge in [0.05, 0.1) is 11.8 Å². The summed E-state index contributed by atoms with van der Waals surface area (Å²) in [6.45, 7) is -0.0209. The van der Waals surface area contributed by atoms with E-state index < -0.39 is 12.0 Å². The first-order valence-electron chi connectivity index (χ1n) is 4.21. The summed E-state index contributed by atoms with van der Waals surface area (Å²) in [5, 5.41) is 18.1. The number of hydrogen-bond donors (Lipinski definition) is 1. The summed E-state index contributed by atoms with van der Waals surface area (Å²) in [6.07, 6.45) is -1.11. The van der Waals surface area contributed by atoms with E-state index in [1.54, 1.807) is 24.3 Å². The fraction of sp³-hybridized carbons (Fsp3) is 0.200. The third kappa shape index (κ3) is 1.07. The highest BCUT2D eigenvalue weighted by Gasteiger charge is 2.35. The second-order valence-corrected chi connectivity index (χ2v) is 3.04. The van der Waals surface area contributed by atoms with Gasteiger partial charge in [0, 0.05) is 5.56 Å². The van der Waals surface area contributed by atoms with Crippen LogP contribution in [0.2, 0.25) is 0 Å². The average molecular weight is 188 g/mol. The van der Waals surface area contributed by atoms with Gasteiger partial charge < -0.3 is 5.11 Å². The van der Waals surface area contributed by atoms with Crippen LogP contribution in [-0.2, 0) is 4.79 Å². The van der Waals surface area contributed by atoms with E-state index in [1.807, 2.05) is 6.07 Å². The molecule has 14 heavy (non-hydrogen) atoms. The molecule has 0 saturated carbocycles. The van der Waals surface area contributed by atoms with Gasteiger partial charge in [-0.05, 0) is 6.07 Å². The average Bonchev–Trinajstić information content (AvgIpc) is 2.45. The van der Waals surface area contributed by atoms with Gasteiger partial charge in [-0.2, -0.15) is 5.26 Å². The second-order valence-electron chi connectivity index (χ2n) is 3.04. The molecule has 1 aliphatic heterocycles. The molecule has 0 aromatic heterocycles. The Kier molecular flexibility index (Phi) is 1.95. The summed E-state index contributed by atoms with van der Waals surface area (Å²) < 4.78 is 0. The van der Waals surface area contributed by atoms with Crippen LogP contribution in [0.25, 0.3) is 0 Å². The lowest BCUT2D eigenvalue weighted by molar-refractivity contribution is -0.125. The number of fused-ring (bicyclic) bond motifs is 1. The van der Waals surface area contributed by atoms with Crippen molar-refractivity contribution < 1.29 is 9.90 Å². The van der Waals surface area contributed by atoms with E-state index in [2.05, 4.69) is 0 Å². The Morgan fingerprint density at radius 1 is 1.50 bits per heavy atom. The van der Waals surface area contributed by atoms with Gasteiger partial charge in [0.15, 0.2) is 6.10 Å². The number of amides is 1. The molecule has 1 aromatic carbocycles. The zero-order chi connectivity index (χ0) is 10.1. The van der Waals surface area contributed by atoms with Gasteiger partial charge in [-0.15, -0.1) is 0 Å². The van der Waals surface area contributed by atoms with Crippen molar-refractivity contribution in [3.05, 3.63) is 29.8 Å². The molecule has 4 nitrogen and oxygen atoms in total. The summed E-state index contributed by atoms with van der Waals surface area (Å²) in [6, 6.07) is 8.84. The lowest BCUT2D eigenvalue weighted by Crippen LogP contribution is -2.28. The number of nitriles is 1. The van der Waals surface area contributed by atoms with Crippen LogP contribution in [0.15, 0.2) is 24.3 Å². The molecule has 1 atom stereocenters. The van der Waals surface area contributed by atoms with Gasteiger partial charge in [-0.3, -0.25) is 9.69 Å². The maximum atomic E-state index is 11.5. The monoisotopic (exact) mass is 188 g/mol. The maximum Gasteiger partial charge on any atom is 0.261 e. The SMILES string of the molecule is N#CCN1C(=O)[C@H](O)c2ccccc21. The molecule has 1 aliphatic rings. The number of carbonyl (C=O) groups is 1. The van der Waals surface area contributed by atoms with Crippen molar-refractivity contribution >= 4 is 11.6 Å². The number of hydrogen-bond acceptors (Lipinski definition) is 3. The van der Waals surface area contributed by atoms with Gasteiger partial charge in [0.25, 0.3) is 5.91 Å². The van der Waals surface area contributed by atoms with Gasteiger partial charge in [-0.25, -0.2) is 0 Å². The van der Waals surface area contributed by atoms with E-state index >= 15 is 0 Å². The molecule has 1 aromatic rings. The number of aliphatic hydroxyl groups is 1. The number of benzene rings is 1. The second kappa shape index (κ2) is 3.13. The van der Waals surface area contributed by atoms with E-state index in [-0.39, 0.29) is 6.54 Å². The minimum Gasteiger partial charge on any atom is -0.378 e. The fourth-order valence-corrected chi connectivity index (χ4v) is 1.60. The lowest BCUT2D eigenvalue weighted by Gasteiger charge is -2.11. The highest BCUT2D eigenvalue weighted by molar-refractivity contribution is 6.04. The third-order valence-electron chi connectivity index (χ3n) is 2.25. The van der Waals surface area contributed by atoms with Crippen LogP contribution < -0.4 is 4.90 Å². The Morgan fingerprint density at radius 3 is 2.93 bits per heavy atom. The van der Waals surface area contributed by atoms with Gasteiger partial charge in [0.1, 0.15) is 6.54 Å². The first-order valence-corrected chi connectivity index (χ1v) is 4.21. The van der Waals surface area contributed by atoms with E-state index in [0.29, 0.717) is 11.3 Å². The van der Waals surface area contributed by atoms with Crippen molar-refractivity contribution in [2.24, 2.45) is 0 Å². The molecule has 4 heteroatoms. The lowest BCUT2D eigenvalue weighted by atomic mass is 10.1. The Bertz CT molecular complexity index is 422. The molecule has 0 bridgehead atoms. The predicted octanol–water partition coefficient (Wildman–Crippen LogP) is 0.590. The Balaban J connectivity index is 2.49. The molecule has 70 valence electrons. The van der Waals surface area contributed by atoms with Crippen LogP contribution in [0.5, 0.6) is 0 Å². The highest BCUT2D eigenvalue weighted by atomic mass is 16.3. The molecule has 0 unspecified atom stereocenters. The summed E-state index contributed by atoms with van der Waals surface area (Å²) in [5.74, 6) is -0.423. The topological polar surface area (TPSA) is 64.3 Å². The summed E-state index contributed by atoms with van der Waals surface area (Å²) >= 11 is 0. The van der Waals surface area contributed by atoms with Crippen LogP contribution >= 0.6 is 0 Å². The zero-order valence-electron chi connectivity index (χ0n) is 7.34. The van der Waals surface area contributed by atoms with Crippen molar-refractivity contribution in [3.8, 4) is 6.07 Å². The Hall–Kier alpha value is -1.86. The minimum absolute atomic E-state index is 0.0209. The van der Waals surface area contributed by atoms with E-state index in [4.69, 9.17) is 5.26 Å². The summed E-state index contributed by atoms with van der Waals surface area (Å²) in [7, 11) is 0. The molecule has 1 amide bonds. The molecule has 1 N–H and O–H groups in total. The molecular formula is C10H8N2O2. The predicted molar refractivity (Wildman–Crippen MR) is 49.4 cm³/mol. The maximum absolute atomic E-state index is 11.5. The molecule has 0 aliphatic carbocycles. The summed E-state index contributed by atoms with van der Waals surface area (Å²) in [5.41, 5.74) is 1.21. The van der Waals surface area contributed by atoms with Gasteiger partial charge in [0.2, 0.25) is 0 Å². The van der Waals surface area contributed by atoms with Crippen LogP contribution in [0.1, 0.15) is 11.7 Å². The quantitative estimate of drug-likeness (QED) is 0.656. The largest absolute Gasteiger partial charge is 0.378 e. The standard InChI is InChI=1S/C10H8N2O2/c11-5-6-12-8-4-2-1-3-7(8)9(13)10(12)14/h1-4,9,13H,6H2/t9-/m1/s1. The van der Waals surface area contributed by atoms with Crippen molar-refractivity contribution in [1.29, 1.82) is 5.26 Å². The highest BCUT2D eigenvalue weighted by Crippen LogP contribution is 2.34. The molecule has 0 spiro atoms. The first-order chi connectivity index (χ1) is 6.75.